The number of nitrogens with two attached hydrogens (primary N) is 1. The summed E-state index contributed by atoms with van der Waals surface area (Å²) in [6, 6.07) is 2.53. The van der Waals surface area contributed by atoms with Gasteiger partial charge in [0, 0.05) is 0 Å². The highest BCUT2D eigenvalue weighted by atomic mass is 32.2. The van der Waals surface area contributed by atoms with Crippen molar-refractivity contribution < 1.29 is 8.78 Å². The number of aromatic nitrogens is 3. The van der Waals surface area contributed by atoms with Gasteiger partial charge in [-0.15, -0.1) is 0 Å². The zero-order valence-corrected chi connectivity index (χ0v) is 10.6. The summed E-state index contributed by atoms with van der Waals surface area (Å²) in [7, 11) is 0. The molecular formula is C11H10F2N4S. The highest BCUT2D eigenvalue weighted by Gasteiger charge is 2.17. The molecule has 94 valence electrons. The Morgan fingerprint density at radius 3 is 2.56 bits per heavy atom. The normalized spacial score (nSPS) is 10.7. The number of halogens is 2. The molecule has 1 heterocycles. The molecule has 0 aliphatic rings. The molecular weight excluding hydrogens is 258 g/mol. The number of rotatable bonds is 2. The van der Waals surface area contributed by atoms with Crippen LogP contribution < -0.4 is 5.73 Å². The number of nitrogens with zero attached hydrogens (tertiary/aromatic N) is 3. The number of aryl methyl sites for hydroxylation is 1. The third-order valence-electron chi connectivity index (χ3n) is 2.32. The van der Waals surface area contributed by atoms with Crippen molar-refractivity contribution in [1.82, 2.24) is 15.0 Å². The van der Waals surface area contributed by atoms with Gasteiger partial charge in [0.1, 0.15) is 11.6 Å². The SMILES string of the molecule is CSc1nc(N)nc(-c2c(F)ccc(C)c2F)n1. The summed E-state index contributed by atoms with van der Waals surface area (Å²) in [5.41, 5.74) is 5.53. The van der Waals surface area contributed by atoms with Crippen molar-refractivity contribution in [3.63, 3.8) is 0 Å². The maximum Gasteiger partial charge on any atom is 0.224 e. The second-order valence-electron chi connectivity index (χ2n) is 3.56. The van der Waals surface area contributed by atoms with Crippen LogP contribution in [-0.2, 0) is 0 Å². The topological polar surface area (TPSA) is 64.7 Å². The lowest BCUT2D eigenvalue weighted by Crippen LogP contribution is -2.04. The van der Waals surface area contributed by atoms with Crippen LogP contribution in [0.3, 0.4) is 0 Å². The summed E-state index contributed by atoms with van der Waals surface area (Å²) in [5.74, 6) is -1.57. The first-order valence-electron chi connectivity index (χ1n) is 5.03. The van der Waals surface area contributed by atoms with Crippen LogP contribution in [-0.4, -0.2) is 21.2 Å². The quantitative estimate of drug-likeness (QED) is 0.847. The van der Waals surface area contributed by atoms with E-state index < -0.39 is 11.6 Å². The first-order valence-corrected chi connectivity index (χ1v) is 6.26. The number of hydrogen-bond acceptors (Lipinski definition) is 5. The second-order valence-corrected chi connectivity index (χ2v) is 4.33. The van der Waals surface area contributed by atoms with Crippen molar-refractivity contribution in [3.05, 3.63) is 29.3 Å². The molecule has 2 rings (SSSR count). The van der Waals surface area contributed by atoms with E-state index in [1.807, 2.05) is 0 Å². The molecule has 1 aromatic heterocycles. The number of nitrogen functional groups attached to an aromatic ring is 1. The van der Waals surface area contributed by atoms with Crippen LogP contribution in [0, 0.1) is 18.6 Å². The monoisotopic (exact) mass is 268 g/mol. The molecule has 7 heteroatoms. The Hall–Kier alpha value is -1.76. The van der Waals surface area contributed by atoms with E-state index in [0.29, 0.717) is 10.7 Å². The fraction of sp³-hybridized carbons (Fsp3) is 0.182. The molecule has 0 spiro atoms. The zero-order chi connectivity index (χ0) is 13.3. The van der Waals surface area contributed by atoms with E-state index in [0.717, 1.165) is 0 Å². The molecule has 0 aliphatic heterocycles. The molecule has 4 nitrogen and oxygen atoms in total. The molecule has 2 N–H and O–H groups in total. The number of hydrogen-bond donors (Lipinski definition) is 1. The Morgan fingerprint density at radius 1 is 1.17 bits per heavy atom. The number of benzene rings is 1. The van der Waals surface area contributed by atoms with Gasteiger partial charge in [-0.2, -0.15) is 9.97 Å². The highest BCUT2D eigenvalue weighted by Crippen LogP contribution is 2.26. The largest absolute Gasteiger partial charge is 0.368 e. The Labute approximate surface area is 107 Å². The predicted octanol–water partition coefficient (Wildman–Crippen LogP) is 2.43. The van der Waals surface area contributed by atoms with E-state index in [1.54, 1.807) is 6.26 Å². The van der Waals surface area contributed by atoms with E-state index in [2.05, 4.69) is 15.0 Å². The van der Waals surface area contributed by atoms with Gasteiger partial charge in [0.25, 0.3) is 0 Å². The summed E-state index contributed by atoms with van der Waals surface area (Å²) in [6.45, 7) is 1.54. The van der Waals surface area contributed by atoms with Gasteiger partial charge in [0.2, 0.25) is 5.95 Å². The van der Waals surface area contributed by atoms with E-state index in [-0.39, 0.29) is 17.3 Å². The molecule has 1 aromatic carbocycles. The second kappa shape index (κ2) is 4.85. The Morgan fingerprint density at radius 2 is 1.89 bits per heavy atom. The third-order valence-corrected chi connectivity index (χ3v) is 2.87. The van der Waals surface area contributed by atoms with Gasteiger partial charge in [-0.25, -0.2) is 13.8 Å². The summed E-state index contributed by atoms with van der Waals surface area (Å²) >= 11 is 1.22. The summed E-state index contributed by atoms with van der Waals surface area (Å²) in [6.07, 6.45) is 1.74. The third kappa shape index (κ3) is 2.26. The van der Waals surface area contributed by atoms with Gasteiger partial charge in [0.15, 0.2) is 11.0 Å². The Kier molecular flexibility index (Phi) is 3.42. The minimum Gasteiger partial charge on any atom is -0.368 e. The standard InChI is InChI=1S/C11H10F2N4S/c1-5-3-4-6(12)7(8(5)13)9-15-10(14)17-11(16-9)18-2/h3-4H,1-2H3,(H2,14,15,16,17). The maximum atomic E-state index is 13.9. The molecule has 0 bridgehead atoms. The first kappa shape index (κ1) is 12.7. The molecule has 0 atom stereocenters. The summed E-state index contributed by atoms with van der Waals surface area (Å²) in [5, 5.41) is 0.317. The fourth-order valence-corrected chi connectivity index (χ4v) is 1.80. The minimum atomic E-state index is -0.726. The molecule has 0 saturated heterocycles. The van der Waals surface area contributed by atoms with E-state index in [1.165, 1.54) is 30.8 Å². The summed E-state index contributed by atoms with van der Waals surface area (Å²) < 4.78 is 27.6. The zero-order valence-electron chi connectivity index (χ0n) is 9.74. The van der Waals surface area contributed by atoms with Gasteiger partial charge in [-0.3, -0.25) is 0 Å². The lowest BCUT2D eigenvalue weighted by molar-refractivity contribution is 0.581. The van der Waals surface area contributed by atoms with Crippen molar-refractivity contribution in [2.75, 3.05) is 12.0 Å². The number of thioether (sulfide) groups is 1. The van der Waals surface area contributed by atoms with Gasteiger partial charge >= 0.3 is 0 Å². The van der Waals surface area contributed by atoms with Crippen LogP contribution in [0.1, 0.15) is 5.56 Å². The van der Waals surface area contributed by atoms with Crippen LogP contribution in [0.15, 0.2) is 17.3 Å². The van der Waals surface area contributed by atoms with Crippen LogP contribution in [0.25, 0.3) is 11.4 Å². The van der Waals surface area contributed by atoms with Crippen LogP contribution in [0.2, 0.25) is 0 Å². The smallest absolute Gasteiger partial charge is 0.224 e. The summed E-state index contributed by atoms with van der Waals surface area (Å²) in [4.78, 5) is 11.6. The van der Waals surface area contributed by atoms with Crippen LogP contribution >= 0.6 is 11.8 Å². The van der Waals surface area contributed by atoms with Crippen molar-refractivity contribution in [1.29, 1.82) is 0 Å². The lowest BCUT2D eigenvalue weighted by atomic mass is 10.1. The van der Waals surface area contributed by atoms with Crippen molar-refractivity contribution in [2.24, 2.45) is 0 Å². The maximum absolute atomic E-state index is 13.9. The van der Waals surface area contributed by atoms with Crippen LogP contribution in [0.4, 0.5) is 14.7 Å². The molecule has 0 amide bonds. The van der Waals surface area contributed by atoms with E-state index in [9.17, 15) is 8.78 Å². The van der Waals surface area contributed by atoms with Crippen molar-refractivity contribution >= 4 is 17.7 Å². The van der Waals surface area contributed by atoms with Gasteiger partial charge < -0.3 is 5.73 Å². The molecule has 0 saturated carbocycles. The average Bonchev–Trinajstić information content (AvgIpc) is 2.34. The van der Waals surface area contributed by atoms with Gasteiger partial charge in [-0.05, 0) is 24.8 Å². The van der Waals surface area contributed by atoms with Crippen LogP contribution in [0.5, 0.6) is 0 Å². The Bertz CT molecular complexity index is 604. The molecule has 2 aromatic rings. The molecule has 0 aliphatic carbocycles. The number of anilines is 1. The minimum absolute atomic E-state index is 0.0651. The molecule has 18 heavy (non-hydrogen) atoms. The molecule has 0 fully saturated rings. The fourth-order valence-electron chi connectivity index (χ4n) is 1.44. The van der Waals surface area contributed by atoms with Gasteiger partial charge in [-0.1, -0.05) is 17.8 Å². The lowest BCUT2D eigenvalue weighted by Gasteiger charge is -2.07. The van der Waals surface area contributed by atoms with Crippen molar-refractivity contribution in [2.45, 2.75) is 12.1 Å². The average molecular weight is 268 g/mol. The molecule has 0 unspecified atom stereocenters. The first-order chi connectivity index (χ1) is 8.52. The predicted molar refractivity (Wildman–Crippen MR) is 66.1 cm³/mol. The molecule has 0 radical (unpaired) electrons. The van der Waals surface area contributed by atoms with E-state index in [4.69, 9.17) is 5.73 Å². The van der Waals surface area contributed by atoms with E-state index >= 15 is 0 Å². The van der Waals surface area contributed by atoms with Crippen molar-refractivity contribution in [3.8, 4) is 11.4 Å². The Balaban J connectivity index is 2.69. The highest BCUT2D eigenvalue weighted by molar-refractivity contribution is 7.98. The van der Waals surface area contributed by atoms with Gasteiger partial charge in [0.05, 0.1) is 5.56 Å².